The maximum Gasteiger partial charge on any atom is 0.261 e. The molecule has 10 heteroatoms. The van der Waals surface area contributed by atoms with Gasteiger partial charge in [-0.05, 0) is 37.4 Å². The number of nitrogens with one attached hydrogen (secondary N) is 2. The van der Waals surface area contributed by atoms with E-state index < -0.39 is 10.0 Å². The molecule has 0 atom stereocenters. The van der Waals surface area contributed by atoms with Crippen molar-refractivity contribution in [2.75, 3.05) is 38.7 Å². The van der Waals surface area contributed by atoms with Gasteiger partial charge in [-0.1, -0.05) is 6.07 Å². The Balaban J connectivity index is 0.00000280. The number of carbonyl (C=O) groups is 1. The second kappa shape index (κ2) is 9.13. The molecule has 0 aliphatic carbocycles. The lowest BCUT2D eigenvalue weighted by molar-refractivity contribution is 0.0796. The van der Waals surface area contributed by atoms with Gasteiger partial charge in [0, 0.05) is 31.8 Å². The highest BCUT2D eigenvalue weighted by Gasteiger charge is 2.20. The van der Waals surface area contributed by atoms with Gasteiger partial charge in [-0.25, -0.2) is 8.42 Å². The molecule has 0 aromatic heterocycles. The van der Waals surface area contributed by atoms with Crippen molar-refractivity contribution in [2.45, 2.75) is 4.90 Å². The van der Waals surface area contributed by atoms with E-state index in [2.05, 4.69) is 10.0 Å². The van der Waals surface area contributed by atoms with Gasteiger partial charge >= 0.3 is 0 Å². The number of anilines is 1. The van der Waals surface area contributed by atoms with Crippen molar-refractivity contribution in [1.82, 2.24) is 10.2 Å². The number of rotatable bonds is 7. The Labute approximate surface area is 170 Å². The molecule has 1 aliphatic heterocycles. The number of likely N-dealkylation sites (N-methyl/N-ethyl adjacent to an activating group) is 2. The van der Waals surface area contributed by atoms with Crippen molar-refractivity contribution in [3.8, 4) is 11.5 Å². The number of amides is 1. The van der Waals surface area contributed by atoms with E-state index >= 15 is 0 Å². The largest absolute Gasteiger partial charge is 0.454 e. The second-order valence-corrected chi connectivity index (χ2v) is 7.71. The Kier molecular flexibility index (Phi) is 7.11. The summed E-state index contributed by atoms with van der Waals surface area (Å²) in [5, 5.41) is 2.97. The molecule has 0 radical (unpaired) electrons. The van der Waals surface area contributed by atoms with Crippen LogP contribution in [0, 0.1) is 0 Å². The summed E-state index contributed by atoms with van der Waals surface area (Å²) in [6, 6.07) is 10.7. The fraction of sp³-hybridized carbons (Fsp3) is 0.278. The predicted molar refractivity (Wildman–Crippen MR) is 108 cm³/mol. The highest BCUT2D eigenvalue weighted by Crippen LogP contribution is 2.34. The molecule has 0 bridgehead atoms. The average molecular weight is 428 g/mol. The molecule has 2 N–H and O–H groups in total. The summed E-state index contributed by atoms with van der Waals surface area (Å²) in [5.41, 5.74) is 0.657. The van der Waals surface area contributed by atoms with Crippen molar-refractivity contribution in [1.29, 1.82) is 0 Å². The van der Waals surface area contributed by atoms with Crippen LogP contribution in [0.3, 0.4) is 0 Å². The minimum Gasteiger partial charge on any atom is -0.454 e. The number of nitrogens with zero attached hydrogens (tertiary/aromatic N) is 1. The Morgan fingerprint density at radius 1 is 1.14 bits per heavy atom. The fourth-order valence-electron chi connectivity index (χ4n) is 2.57. The number of benzene rings is 2. The van der Waals surface area contributed by atoms with Gasteiger partial charge in [-0.15, -0.1) is 12.4 Å². The second-order valence-electron chi connectivity index (χ2n) is 6.03. The van der Waals surface area contributed by atoms with E-state index in [0.717, 1.165) is 0 Å². The van der Waals surface area contributed by atoms with Crippen molar-refractivity contribution in [3.05, 3.63) is 48.0 Å². The Morgan fingerprint density at radius 3 is 2.64 bits per heavy atom. The lowest BCUT2D eigenvalue weighted by Crippen LogP contribution is -2.32. The zero-order valence-electron chi connectivity index (χ0n) is 15.5. The molecule has 0 spiro atoms. The van der Waals surface area contributed by atoms with Crippen molar-refractivity contribution >= 4 is 34.0 Å². The molecule has 1 amide bonds. The molecule has 152 valence electrons. The van der Waals surface area contributed by atoms with E-state index in [1.165, 1.54) is 17.0 Å². The third kappa shape index (κ3) is 4.86. The molecule has 28 heavy (non-hydrogen) atoms. The van der Waals surface area contributed by atoms with Gasteiger partial charge in [0.25, 0.3) is 15.9 Å². The summed E-state index contributed by atoms with van der Waals surface area (Å²) in [7, 11) is -0.388. The number of carbonyl (C=O) groups excluding carboxylic acids is 1. The normalized spacial score (nSPS) is 12.2. The van der Waals surface area contributed by atoms with Crippen molar-refractivity contribution in [2.24, 2.45) is 0 Å². The topological polar surface area (TPSA) is 97.0 Å². The summed E-state index contributed by atoms with van der Waals surface area (Å²) in [5.74, 6) is 0.797. The van der Waals surface area contributed by atoms with Gasteiger partial charge in [0.15, 0.2) is 11.5 Å². The van der Waals surface area contributed by atoms with Crippen LogP contribution in [0.4, 0.5) is 5.69 Å². The molecule has 8 nitrogen and oxygen atoms in total. The van der Waals surface area contributed by atoms with Gasteiger partial charge in [0.05, 0.1) is 10.6 Å². The summed E-state index contributed by atoms with van der Waals surface area (Å²) in [6.45, 7) is 1.27. The van der Waals surface area contributed by atoms with Crippen LogP contribution < -0.4 is 19.5 Å². The van der Waals surface area contributed by atoms with E-state index in [0.29, 0.717) is 35.8 Å². The van der Waals surface area contributed by atoms with Crippen LogP contribution in [0.15, 0.2) is 47.4 Å². The highest BCUT2D eigenvalue weighted by atomic mass is 35.5. The van der Waals surface area contributed by atoms with Gasteiger partial charge in [-0.2, -0.15) is 0 Å². The molecule has 2 aromatic carbocycles. The average Bonchev–Trinajstić information content (AvgIpc) is 3.13. The third-order valence-electron chi connectivity index (χ3n) is 4.06. The number of halogens is 1. The molecule has 0 saturated carbocycles. The SMILES string of the molecule is CNCCN(C)C(=O)c1cccc(S(=O)(=O)Nc2ccc3c(c2)OCO3)c1.Cl. The van der Waals surface area contributed by atoms with E-state index in [9.17, 15) is 13.2 Å². The molecular formula is C18H22ClN3O5S. The van der Waals surface area contributed by atoms with E-state index in [1.807, 2.05) is 0 Å². The first kappa shape index (κ1) is 21.8. The summed E-state index contributed by atoms with van der Waals surface area (Å²) in [4.78, 5) is 14.0. The van der Waals surface area contributed by atoms with Gasteiger partial charge in [-0.3, -0.25) is 9.52 Å². The van der Waals surface area contributed by atoms with Gasteiger partial charge < -0.3 is 19.7 Å². The summed E-state index contributed by atoms with van der Waals surface area (Å²) in [6.07, 6.45) is 0. The third-order valence-corrected chi connectivity index (χ3v) is 5.44. The first-order valence-electron chi connectivity index (χ1n) is 8.33. The number of hydrogen-bond donors (Lipinski definition) is 2. The molecule has 0 unspecified atom stereocenters. The Hall–Kier alpha value is -2.49. The number of ether oxygens (including phenoxy) is 2. The summed E-state index contributed by atoms with van der Waals surface area (Å²) >= 11 is 0. The van der Waals surface area contributed by atoms with Crippen LogP contribution in [0.25, 0.3) is 0 Å². The molecule has 0 fully saturated rings. The van der Waals surface area contributed by atoms with E-state index in [4.69, 9.17) is 9.47 Å². The molecule has 1 heterocycles. The molecule has 2 aromatic rings. The monoisotopic (exact) mass is 427 g/mol. The number of hydrogen-bond acceptors (Lipinski definition) is 6. The lowest BCUT2D eigenvalue weighted by Gasteiger charge is -2.17. The van der Waals surface area contributed by atoms with Crippen LogP contribution in [-0.2, 0) is 10.0 Å². The summed E-state index contributed by atoms with van der Waals surface area (Å²) < 4.78 is 38.4. The van der Waals surface area contributed by atoms with Crippen LogP contribution in [0.1, 0.15) is 10.4 Å². The smallest absolute Gasteiger partial charge is 0.261 e. The molecular weight excluding hydrogens is 406 g/mol. The highest BCUT2D eigenvalue weighted by molar-refractivity contribution is 7.92. The predicted octanol–water partition coefficient (Wildman–Crippen LogP) is 1.93. The van der Waals surface area contributed by atoms with E-state index in [1.54, 1.807) is 44.4 Å². The van der Waals surface area contributed by atoms with Crippen LogP contribution >= 0.6 is 12.4 Å². The molecule has 0 saturated heterocycles. The van der Waals surface area contributed by atoms with Gasteiger partial charge in [0.2, 0.25) is 6.79 Å². The number of sulfonamides is 1. The first-order valence-corrected chi connectivity index (χ1v) is 9.81. The number of fused-ring (bicyclic) bond motifs is 1. The Morgan fingerprint density at radius 2 is 1.89 bits per heavy atom. The minimum absolute atomic E-state index is 0. The van der Waals surface area contributed by atoms with E-state index in [-0.39, 0.29) is 30.0 Å². The van der Waals surface area contributed by atoms with Crippen molar-refractivity contribution in [3.63, 3.8) is 0 Å². The Bertz CT molecular complexity index is 952. The maximum atomic E-state index is 12.7. The van der Waals surface area contributed by atoms with Gasteiger partial charge in [0.1, 0.15) is 0 Å². The quantitative estimate of drug-likeness (QED) is 0.700. The van der Waals surface area contributed by atoms with Crippen LogP contribution in [0.5, 0.6) is 11.5 Å². The molecule has 3 rings (SSSR count). The van der Waals surface area contributed by atoms with Crippen molar-refractivity contribution < 1.29 is 22.7 Å². The zero-order valence-corrected chi connectivity index (χ0v) is 17.1. The fourth-order valence-corrected chi connectivity index (χ4v) is 3.67. The van der Waals surface area contributed by atoms with Crippen LogP contribution in [-0.4, -0.2) is 53.2 Å². The maximum absolute atomic E-state index is 12.7. The minimum atomic E-state index is -3.86. The standard InChI is InChI=1S/C18H21N3O5S.ClH/c1-19-8-9-21(2)18(22)13-4-3-5-15(10-13)27(23,24)20-14-6-7-16-17(11-14)26-12-25-16;/h3-7,10-11,19-20H,8-9,12H2,1-2H3;1H. The zero-order chi connectivity index (χ0) is 19.4. The molecule has 1 aliphatic rings. The van der Waals surface area contributed by atoms with Crippen LogP contribution in [0.2, 0.25) is 0 Å². The lowest BCUT2D eigenvalue weighted by atomic mass is 10.2. The first-order chi connectivity index (χ1) is 12.9.